The minimum atomic E-state index is -0.441. The molecule has 104 valence electrons. The van der Waals surface area contributed by atoms with Crippen LogP contribution in [0.4, 0.5) is 0 Å². The molecule has 5 heteroatoms. The first kappa shape index (κ1) is 14.4. The van der Waals surface area contributed by atoms with Crippen LogP contribution in [0.1, 0.15) is 13.3 Å². The quantitative estimate of drug-likeness (QED) is 0.596. The number of para-hydroxylation sites is 2. The molecule has 0 aromatic heterocycles. The molecule has 0 bridgehead atoms. The second-order valence-corrected chi connectivity index (χ2v) is 4.81. The maximum absolute atomic E-state index is 11.1. The number of carbonyl (C=O) groups is 1. The molecule has 0 aliphatic heterocycles. The Morgan fingerprint density at radius 1 is 1.05 bits per heavy atom. The number of ether oxygens (including phenoxy) is 1. The fraction of sp³-hybridized carbons (Fsp3) is 0.133. The molecule has 0 saturated carbocycles. The Hall–Kier alpha value is -2.01. The molecule has 2 aromatic carbocycles. The summed E-state index contributed by atoms with van der Waals surface area (Å²) in [7, 11) is 0. The summed E-state index contributed by atoms with van der Waals surface area (Å²) in [5.41, 5.74) is 0. The molecule has 0 saturated heterocycles. The lowest BCUT2D eigenvalue weighted by Crippen LogP contribution is -2.06. The first-order valence-corrected chi connectivity index (χ1v) is 6.88. The summed E-state index contributed by atoms with van der Waals surface area (Å²) >= 11 is 3.36. The third-order valence-corrected chi connectivity index (χ3v) is 2.93. The largest absolute Gasteiger partial charge is 0.453 e. The fourth-order valence-corrected chi connectivity index (χ4v) is 1.65. The van der Waals surface area contributed by atoms with Gasteiger partial charge in [0.1, 0.15) is 5.75 Å². The summed E-state index contributed by atoms with van der Waals surface area (Å²) in [5.74, 6) is 1.03. The smallest absolute Gasteiger partial charge is 0.355 e. The average Bonchev–Trinajstić information content (AvgIpc) is 2.48. The van der Waals surface area contributed by atoms with Crippen molar-refractivity contribution in [3.63, 3.8) is 0 Å². The van der Waals surface area contributed by atoms with Gasteiger partial charge in [-0.3, -0.25) is 9.78 Å². The highest BCUT2D eigenvalue weighted by molar-refractivity contribution is 9.10. The van der Waals surface area contributed by atoms with Crippen LogP contribution in [0.2, 0.25) is 0 Å². The van der Waals surface area contributed by atoms with E-state index < -0.39 is 5.97 Å². The van der Waals surface area contributed by atoms with Crippen molar-refractivity contribution in [1.29, 1.82) is 0 Å². The molecule has 0 N–H and O–H groups in total. The maximum Gasteiger partial charge on any atom is 0.355 e. The third-order valence-electron chi connectivity index (χ3n) is 2.40. The second-order valence-electron chi connectivity index (χ2n) is 3.89. The van der Waals surface area contributed by atoms with Crippen LogP contribution >= 0.6 is 15.9 Å². The van der Waals surface area contributed by atoms with Gasteiger partial charge >= 0.3 is 5.97 Å². The van der Waals surface area contributed by atoms with Gasteiger partial charge in [0.25, 0.3) is 0 Å². The van der Waals surface area contributed by atoms with Gasteiger partial charge in [-0.15, -0.1) is 0 Å². The van der Waals surface area contributed by atoms with Crippen LogP contribution in [-0.2, 0) is 9.68 Å². The lowest BCUT2D eigenvalue weighted by molar-refractivity contribution is -0.213. The van der Waals surface area contributed by atoms with E-state index in [2.05, 4.69) is 20.8 Å². The van der Waals surface area contributed by atoms with Crippen molar-refractivity contribution >= 4 is 21.9 Å². The topological polar surface area (TPSA) is 44.8 Å². The highest BCUT2D eigenvalue weighted by atomic mass is 79.9. The molecular weight excluding hydrogens is 324 g/mol. The van der Waals surface area contributed by atoms with E-state index >= 15 is 0 Å². The number of rotatable bonds is 5. The van der Waals surface area contributed by atoms with Crippen LogP contribution in [0, 0.1) is 0 Å². The number of hydrogen-bond acceptors (Lipinski definition) is 4. The standard InChI is InChI=1S/C15H13BrO4/c1-2-15(17)20-19-14-6-4-3-5-13(14)18-12-9-7-11(16)8-10-12/h3-10H,2H2,1H3. The summed E-state index contributed by atoms with van der Waals surface area (Å²) in [5, 5.41) is 0. The van der Waals surface area contributed by atoms with Gasteiger partial charge in [0, 0.05) is 10.9 Å². The summed E-state index contributed by atoms with van der Waals surface area (Å²) < 4.78 is 6.66. The summed E-state index contributed by atoms with van der Waals surface area (Å²) in [6.07, 6.45) is 0.246. The molecule has 2 aromatic rings. The van der Waals surface area contributed by atoms with E-state index in [1.807, 2.05) is 30.3 Å². The van der Waals surface area contributed by atoms with Gasteiger partial charge in [0.15, 0.2) is 5.75 Å². The number of carbonyl (C=O) groups excluding carboxylic acids is 1. The van der Waals surface area contributed by atoms with Crippen LogP contribution in [-0.4, -0.2) is 5.97 Å². The molecule has 0 heterocycles. The lowest BCUT2D eigenvalue weighted by Gasteiger charge is -2.10. The molecule has 0 amide bonds. The molecule has 0 fully saturated rings. The predicted molar refractivity (Wildman–Crippen MR) is 77.7 cm³/mol. The predicted octanol–water partition coefficient (Wildman–Crippen LogP) is 4.49. The van der Waals surface area contributed by atoms with Gasteiger partial charge in [0.2, 0.25) is 5.75 Å². The van der Waals surface area contributed by atoms with E-state index in [4.69, 9.17) is 9.62 Å². The molecule has 0 aliphatic rings. The van der Waals surface area contributed by atoms with Gasteiger partial charge < -0.3 is 4.74 Å². The van der Waals surface area contributed by atoms with E-state index in [1.165, 1.54) is 0 Å². The van der Waals surface area contributed by atoms with E-state index in [1.54, 1.807) is 25.1 Å². The molecule has 0 spiro atoms. The van der Waals surface area contributed by atoms with E-state index in [0.29, 0.717) is 17.2 Å². The van der Waals surface area contributed by atoms with Crippen molar-refractivity contribution in [2.75, 3.05) is 0 Å². The lowest BCUT2D eigenvalue weighted by atomic mass is 10.3. The molecule has 20 heavy (non-hydrogen) atoms. The Labute approximate surface area is 125 Å². The summed E-state index contributed by atoms with van der Waals surface area (Å²) in [6.45, 7) is 1.69. The van der Waals surface area contributed by atoms with Gasteiger partial charge in [-0.25, -0.2) is 4.79 Å². The molecule has 0 aliphatic carbocycles. The molecular formula is C15H13BrO4. The summed E-state index contributed by atoms with van der Waals surface area (Å²) in [4.78, 5) is 20.7. The highest BCUT2D eigenvalue weighted by Crippen LogP contribution is 2.31. The van der Waals surface area contributed by atoms with Gasteiger partial charge in [-0.05, 0) is 36.4 Å². The molecule has 0 unspecified atom stereocenters. The Morgan fingerprint density at radius 3 is 2.35 bits per heavy atom. The minimum Gasteiger partial charge on any atom is -0.453 e. The van der Waals surface area contributed by atoms with Crippen molar-refractivity contribution in [2.24, 2.45) is 0 Å². The number of hydrogen-bond donors (Lipinski definition) is 0. The van der Waals surface area contributed by atoms with E-state index in [-0.39, 0.29) is 6.42 Å². The zero-order valence-corrected chi connectivity index (χ0v) is 12.4. The molecule has 0 radical (unpaired) electrons. The van der Waals surface area contributed by atoms with E-state index in [9.17, 15) is 4.79 Å². The van der Waals surface area contributed by atoms with Crippen LogP contribution in [0.3, 0.4) is 0 Å². The Morgan fingerprint density at radius 2 is 1.70 bits per heavy atom. The highest BCUT2D eigenvalue weighted by Gasteiger charge is 2.09. The number of benzene rings is 2. The van der Waals surface area contributed by atoms with Crippen molar-refractivity contribution in [1.82, 2.24) is 0 Å². The minimum absolute atomic E-state index is 0.246. The average molecular weight is 337 g/mol. The van der Waals surface area contributed by atoms with Crippen molar-refractivity contribution in [3.05, 3.63) is 53.0 Å². The van der Waals surface area contributed by atoms with Crippen molar-refractivity contribution in [2.45, 2.75) is 13.3 Å². The summed E-state index contributed by atoms with van der Waals surface area (Å²) in [6, 6.07) is 14.4. The molecule has 0 atom stereocenters. The Kier molecular flexibility index (Phi) is 5.01. The first-order chi connectivity index (χ1) is 9.69. The Bertz CT molecular complexity index is 581. The molecule has 2 rings (SSSR count). The molecule has 4 nitrogen and oxygen atoms in total. The van der Waals surface area contributed by atoms with Crippen LogP contribution in [0.5, 0.6) is 17.2 Å². The third kappa shape index (κ3) is 3.99. The normalized spacial score (nSPS) is 9.90. The zero-order valence-electron chi connectivity index (χ0n) is 10.8. The monoisotopic (exact) mass is 336 g/mol. The SMILES string of the molecule is CCC(=O)OOc1ccccc1Oc1ccc(Br)cc1. The van der Waals surface area contributed by atoms with Gasteiger partial charge in [-0.1, -0.05) is 35.0 Å². The second kappa shape index (κ2) is 6.96. The van der Waals surface area contributed by atoms with E-state index in [0.717, 1.165) is 4.47 Å². The van der Waals surface area contributed by atoms with Crippen molar-refractivity contribution < 1.29 is 19.3 Å². The van der Waals surface area contributed by atoms with Gasteiger partial charge in [0.05, 0.1) is 0 Å². The zero-order chi connectivity index (χ0) is 14.4. The van der Waals surface area contributed by atoms with Crippen LogP contribution in [0.25, 0.3) is 0 Å². The fourth-order valence-electron chi connectivity index (χ4n) is 1.38. The number of halogens is 1. The Balaban J connectivity index is 2.11. The first-order valence-electron chi connectivity index (χ1n) is 6.09. The van der Waals surface area contributed by atoms with Crippen molar-refractivity contribution in [3.8, 4) is 17.2 Å². The van der Waals surface area contributed by atoms with Crippen LogP contribution in [0.15, 0.2) is 53.0 Å². The maximum atomic E-state index is 11.1. The van der Waals surface area contributed by atoms with Gasteiger partial charge in [-0.2, -0.15) is 0 Å². The van der Waals surface area contributed by atoms with Crippen LogP contribution < -0.4 is 9.62 Å².